The molecule has 0 saturated heterocycles. The van der Waals surface area contributed by atoms with Crippen molar-refractivity contribution in [3.63, 3.8) is 0 Å². The lowest BCUT2D eigenvalue weighted by molar-refractivity contribution is 0.129. The summed E-state index contributed by atoms with van der Waals surface area (Å²) in [5, 5.41) is -2.73. The summed E-state index contributed by atoms with van der Waals surface area (Å²) in [4.78, 5) is 0.525. The van der Waals surface area contributed by atoms with E-state index in [1.165, 1.54) is 0 Å². The van der Waals surface area contributed by atoms with E-state index in [9.17, 15) is 8.78 Å². The van der Waals surface area contributed by atoms with E-state index in [0.29, 0.717) is 22.3 Å². The van der Waals surface area contributed by atoms with Gasteiger partial charge in [0.25, 0.3) is 5.25 Å². The van der Waals surface area contributed by atoms with Gasteiger partial charge in [0.05, 0.1) is 0 Å². The van der Waals surface area contributed by atoms with Crippen molar-refractivity contribution in [1.29, 1.82) is 0 Å². The number of nitrogen functional groups attached to an aromatic ring is 1. The summed E-state index contributed by atoms with van der Waals surface area (Å²) in [6.45, 7) is 0.869. The van der Waals surface area contributed by atoms with E-state index in [2.05, 4.69) is 0 Å². The molecule has 0 aliphatic heterocycles. The first kappa shape index (κ1) is 9.32. The fourth-order valence-corrected chi connectivity index (χ4v) is 1.43. The number of halogens is 2. The zero-order valence-corrected chi connectivity index (χ0v) is 7.37. The van der Waals surface area contributed by atoms with Crippen LogP contribution >= 0.6 is 11.8 Å². The Morgan fingerprint density at radius 2 is 1.75 bits per heavy atom. The van der Waals surface area contributed by atoms with Crippen molar-refractivity contribution in [3.05, 3.63) is 24.3 Å². The second-order valence-electron chi connectivity index (χ2n) is 2.48. The topological polar surface area (TPSA) is 26.0 Å². The van der Waals surface area contributed by atoms with Gasteiger partial charge in [-0.15, -0.1) is 0 Å². The number of rotatable bonds is 2. The predicted molar refractivity (Wildman–Crippen MR) is 47.3 cm³/mol. The Morgan fingerprint density at radius 3 is 2.17 bits per heavy atom. The fraction of sp³-hybridized carbons (Fsp3) is 0.250. The molecule has 0 fully saturated rings. The minimum atomic E-state index is -2.73. The highest BCUT2D eigenvalue weighted by Crippen LogP contribution is 2.35. The van der Waals surface area contributed by atoms with Gasteiger partial charge in [-0.1, -0.05) is 11.8 Å². The number of thioether (sulfide) groups is 1. The lowest BCUT2D eigenvalue weighted by Crippen LogP contribution is -2.01. The molecule has 0 aromatic heterocycles. The van der Waals surface area contributed by atoms with Crippen LogP contribution < -0.4 is 5.73 Å². The molecule has 1 aromatic carbocycles. The van der Waals surface area contributed by atoms with Crippen LogP contribution in [0.4, 0.5) is 14.5 Å². The van der Waals surface area contributed by atoms with Gasteiger partial charge in [-0.3, -0.25) is 0 Å². The van der Waals surface area contributed by atoms with Crippen molar-refractivity contribution in [2.24, 2.45) is 0 Å². The van der Waals surface area contributed by atoms with Crippen LogP contribution in [-0.2, 0) is 0 Å². The van der Waals surface area contributed by atoms with E-state index in [-0.39, 0.29) is 0 Å². The third-order valence-corrected chi connectivity index (χ3v) is 2.04. The maximum Gasteiger partial charge on any atom is 0.295 e. The van der Waals surface area contributed by atoms with Crippen molar-refractivity contribution in [1.82, 2.24) is 0 Å². The highest BCUT2D eigenvalue weighted by Gasteiger charge is 2.22. The molecule has 0 heterocycles. The molecule has 0 atom stereocenters. The summed E-state index contributed by atoms with van der Waals surface area (Å²) >= 11 is 0.521. The van der Waals surface area contributed by atoms with E-state index >= 15 is 0 Å². The molecule has 0 aliphatic rings. The summed E-state index contributed by atoms with van der Waals surface area (Å²) < 4.78 is 24.9. The molecule has 12 heavy (non-hydrogen) atoms. The van der Waals surface area contributed by atoms with E-state index < -0.39 is 5.25 Å². The minimum absolute atomic E-state index is 0.521. The summed E-state index contributed by atoms with van der Waals surface area (Å²) in [6, 6.07) is 6.37. The van der Waals surface area contributed by atoms with Gasteiger partial charge in [-0.05, 0) is 24.3 Å². The first-order valence-corrected chi connectivity index (χ1v) is 4.21. The van der Waals surface area contributed by atoms with Gasteiger partial charge in [-0.25, -0.2) is 0 Å². The van der Waals surface area contributed by atoms with Gasteiger partial charge in [0.15, 0.2) is 0 Å². The van der Waals surface area contributed by atoms with Crippen LogP contribution in [0.2, 0.25) is 0 Å². The molecule has 1 nitrogen and oxygen atoms in total. The van der Waals surface area contributed by atoms with Gasteiger partial charge >= 0.3 is 0 Å². The first-order chi connectivity index (χ1) is 5.47. The zero-order chi connectivity index (χ0) is 9.19. The quantitative estimate of drug-likeness (QED) is 0.571. The Balaban J connectivity index is 2.71. The van der Waals surface area contributed by atoms with Crippen LogP contribution in [0.25, 0.3) is 0 Å². The van der Waals surface area contributed by atoms with Gasteiger partial charge in [0, 0.05) is 17.5 Å². The Labute approximate surface area is 74.0 Å². The van der Waals surface area contributed by atoms with Crippen LogP contribution in [0.1, 0.15) is 6.92 Å². The van der Waals surface area contributed by atoms with Gasteiger partial charge in [-0.2, -0.15) is 8.78 Å². The molecule has 0 radical (unpaired) electrons. The van der Waals surface area contributed by atoms with Gasteiger partial charge < -0.3 is 5.73 Å². The molecule has 1 rings (SSSR count). The molecule has 1 aromatic rings. The van der Waals surface area contributed by atoms with Crippen LogP contribution in [0.3, 0.4) is 0 Å². The fourth-order valence-electron chi connectivity index (χ4n) is 0.743. The van der Waals surface area contributed by atoms with Crippen LogP contribution in [0.15, 0.2) is 29.2 Å². The Kier molecular flexibility index (Phi) is 2.57. The highest BCUT2D eigenvalue weighted by atomic mass is 32.2. The van der Waals surface area contributed by atoms with E-state index in [4.69, 9.17) is 5.73 Å². The summed E-state index contributed by atoms with van der Waals surface area (Å²) in [6.07, 6.45) is 0. The molecular formula is C8H9F2NS. The van der Waals surface area contributed by atoms with E-state index in [1.807, 2.05) is 0 Å². The molecule has 66 valence electrons. The third kappa shape index (κ3) is 3.09. The summed E-state index contributed by atoms with van der Waals surface area (Å²) in [5.41, 5.74) is 5.98. The number of anilines is 1. The van der Waals surface area contributed by atoms with E-state index in [0.717, 1.165) is 6.92 Å². The molecule has 0 amide bonds. The second-order valence-corrected chi connectivity index (χ2v) is 3.87. The lowest BCUT2D eigenvalue weighted by Gasteiger charge is -2.08. The number of hydrogen-bond donors (Lipinski definition) is 1. The molecule has 0 aliphatic carbocycles. The molecule has 4 heteroatoms. The largest absolute Gasteiger partial charge is 0.399 e. The average Bonchev–Trinajstić information content (AvgIpc) is 1.91. The minimum Gasteiger partial charge on any atom is -0.399 e. The van der Waals surface area contributed by atoms with Crippen molar-refractivity contribution in [3.8, 4) is 0 Å². The molecule has 0 bridgehead atoms. The standard InChI is InChI=1S/C8H9F2NS/c1-8(9,10)12-7-4-2-6(11)3-5-7/h2-5H,11H2,1H3. The SMILES string of the molecule is CC(F)(F)Sc1ccc(N)cc1. The Bertz CT molecular complexity index is 253. The molecule has 0 spiro atoms. The lowest BCUT2D eigenvalue weighted by atomic mass is 10.3. The van der Waals surface area contributed by atoms with Crippen molar-refractivity contribution in [2.45, 2.75) is 17.1 Å². The molecular weight excluding hydrogens is 180 g/mol. The van der Waals surface area contributed by atoms with E-state index in [1.54, 1.807) is 24.3 Å². The maximum absolute atomic E-state index is 12.4. The van der Waals surface area contributed by atoms with Crippen molar-refractivity contribution >= 4 is 17.4 Å². The average molecular weight is 189 g/mol. The molecule has 0 unspecified atom stereocenters. The second kappa shape index (κ2) is 3.31. The monoisotopic (exact) mass is 189 g/mol. The normalized spacial score (nSPS) is 11.6. The molecule has 2 N–H and O–H groups in total. The van der Waals surface area contributed by atoms with Gasteiger partial charge in [0.2, 0.25) is 0 Å². The number of alkyl halides is 2. The Morgan fingerprint density at radius 1 is 1.25 bits per heavy atom. The number of nitrogens with two attached hydrogens (primary N) is 1. The maximum atomic E-state index is 12.4. The zero-order valence-electron chi connectivity index (χ0n) is 6.55. The first-order valence-electron chi connectivity index (χ1n) is 3.40. The third-order valence-electron chi connectivity index (χ3n) is 1.18. The number of benzene rings is 1. The van der Waals surface area contributed by atoms with Crippen molar-refractivity contribution < 1.29 is 8.78 Å². The number of hydrogen-bond acceptors (Lipinski definition) is 2. The summed E-state index contributed by atoms with van der Waals surface area (Å²) in [7, 11) is 0. The summed E-state index contributed by atoms with van der Waals surface area (Å²) in [5.74, 6) is 0. The van der Waals surface area contributed by atoms with Crippen LogP contribution in [0, 0.1) is 0 Å². The Hall–Kier alpha value is -0.770. The van der Waals surface area contributed by atoms with Crippen LogP contribution in [0.5, 0.6) is 0 Å². The smallest absolute Gasteiger partial charge is 0.295 e. The molecule has 0 saturated carbocycles. The van der Waals surface area contributed by atoms with Gasteiger partial charge in [0.1, 0.15) is 0 Å². The highest BCUT2D eigenvalue weighted by molar-refractivity contribution is 8.00. The van der Waals surface area contributed by atoms with Crippen molar-refractivity contribution in [2.75, 3.05) is 5.73 Å². The van der Waals surface area contributed by atoms with Crippen LogP contribution in [-0.4, -0.2) is 5.25 Å². The predicted octanol–water partition coefficient (Wildman–Crippen LogP) is 2.97.